The predicted octanol–water partition coefficient (Wildman–Crippen LogP) is 3.59. The Morgan fingerprint density at radius 2 is 0.925 bits per heavy atom. The second-order valence-corrected chi connectivity index (χ2v) is 18.3. The summed E-state index contributed by atoms with van der Waals surface area (Å²) in [6.07, 6.45) is 15.1. The zero-order chi connectivity index (χ0) is 46.1. The van der Waals surface area contributed by atoms with Crippen LogP contribution < -0.4 is 29.9 Å². The first-order valence-electron chi connectivity index (χ1n) is 24.0. The van der Waals surface area contributed by atoms with Gasteiger partial charge in [-0.3, -0.25) is 15.1 Å². The molecule has 3 aromatic carbocycles. The molecular weight excluding hydrogens is 878 g/mol. The van der Waals surface area contributed by atoms with Gasteiger partial charge in [-0.2, -0.15) is 0 Å². The number of halogens is 1. The molecule has 5 aliphatic rings. The molecule has 0 amide bonds. The Labute approximate surface area is 394 Å². The topological polar surface area (TPSA) is 221 Å². The third-order valence-corrected chi connectivity index (χ3v) is 13.6. The van der Waals surface area contributed by atoms with Gasteiger partial charge in [0, 0.05) is 67.4 Å². The Hall–Kier alpha value is -5.60. The molecule has 0 spiro atoms. The van der Waals surface area contributed by atoms with Crippen LogP contribution in [0.5, 0.6) is 0 Å². The lowest BCUT2D eigenvalue weighted by Gasteiger charge is -2.26. The maximum atomic E-state index is 12.7. The molecule has 2 aliphatic heterocycles. The second kappa shape index (κ2) is 22.0. The summed E-state index contributed by atoms with van der Waals surface area (Å²) in [6, 6.07) is 11.6. The number of aryl methyl sites for hydroxylation is 6. The maximum absolute atomic E-state index is 12.7. The fraction of sp³-hybridized carbons (Fsp3) is 0.553. The Bertz CT molecular complexity index is 2680. The minimum atomic E-state index is -0.00161. The van der Waals surface area contributed by atoms with E-state index < -0.39 is 0 Å². The van der Waals surface area contributed by atoms with Gasteiger partial charge in [0.2, 0.25) is 5.10 Å². The lowest BCUT2D eigenvalue weighted by atomic mass is 9.91. The average Bonchev–Trinajstić information content (AvgIpc) is 3.35. The Morgan fingerprint density at radius 3 is 1.45 bits per heavy atom. The molecule has 2 saturated heterocycles. The van der Waals surface area contributed by atoms with Gasteiger partial charge in [0.1, 0.15) is 11.0 Å². The molecule has 0 saturated carbocycles. The van der Waals surface area contributed by atoms with Gasteiger partial charge in [-0.15, -0.1) is 0 Å². The molecule has 67 heavy (non-hydrogen) atoms. The van der Waals surface area contributed by atoms with E-state index in [2.05, 4.69) is 51.8 Å². The van der Waals surface area contributed by atoms with Crippen LogP contribution in [-0.2, 0) is 48.0 Å². The lowest BCUT2D eigenvalue weighted by Crippen LogP contribution is -2.44. The average molecular weight is 939 g/mol. The van der Waals surface area contributed by atoms with Crippen LogP contribution in [0.2, 0.25) is 5.28 Å². The summed E-state index contributed by atoms with van der Waals surface area (Å²) in [5, 5.41) is 66.5. The number of fused-ring (bicyclic) bond motifs is 6. The van der Waals surface area contributed by atoms with Gasteiger partial charge in [0.25, 0.3) is 27.8 Å². The maximum Gasteiger partial charge on any atom is 0.460 e. The van der Waals surface area contributed by atoms with E-state index in [4.69, 9.17) is 21.1 Å². The van der Waals surface area contributed by atoms with Crippen molar-refractivity contribution in [3.63, 3.8) is 0 Å². The van der Waals surface area contributed by atoms with E-state index in [1.807, 2.05) is 30.3 Å². The molecule has 0 unspecified atom stereocenters. The van der Waals surface area contributed by atoms with E-state index >= 15 is 0 Å². The van der Waals surface area contributed by atoms with Gasteiger partial charge in [-0.25, -0.2) is 14.7 Å². The Kier molecular flexibility index (Phi) is 15.3. The van der Waals surface area contributed by atoms with Crippen molar-refractivity contribution in [1.29, 1.82) is 0 Å². The van der Waals surface area contributed by atoms with Crippen molar-refractivity contribution in [2.24, 2.45) is 0 Å². The van der Waals surface area contributed by atoms with Gasteiger partial charge >= 0.3 is 5.95 Å². The number of nitrogens with one attached hydrogen (secondary N) is 2. The SMILES string of the molecule is [O-][n+]1nc(Cl)nc2cc3c(cc21)CCCC3.[O-][n+]1nc(NCCCN2CCOCC2)[n+]([O-])c2cc3c(cc21)CCCC3.[O-][n+]1nc(NCCCN2CCOCC2)nc2cc3c(cc21)CCCC3. The molecule has 20 heteroatoms. The molecule has 356 valence electrons. The van der Waals surface area contributed by atoms with Gasteiger partial charge in [0.05, 0.1) is 38.1 Å². The standard InChI is InChI=1S/C18H25N5O3.C18H25N5O2.C11H10ClN3O/c24-22-16-12-14-4-1-2-5-15(14)13-17(16)23(25)20-18(22)19-6-3-7-21-8-10-26-11-9-21;24-23-17-13-15-5-2-1-4-14(15)12-16(17)20-18(21-23)19-6-3-7-22-8-10-25-11-9-22;12-11-13-9-5-7-3-1-2-4-8(7)6-10(9)15(16)14-11/h12-13H,1-11H2,(H,19,20);12-13H,1-11H2,(H,19,20,21);5-6H,1-4H2. The number of anilines is 2. The minimum Gasteiger partial charge on any atom is -0.739 e. The van der Waals surface area contributed by atoms with Crippen molar-refractivity contribution in [2.75, 3.05) is 89.4 Å². The van der Waals surface area contributed by atoms with E-state index in [1.54, 1.807) is 0 Å². The molecule has 0 radical (unpaired) electrons. The summed E-state index contributed by atoms with van der Waals surface area (Å²) in [5.41, 5.74) is 10.7. The van der Waals surface area contributed by atoms with Crippen molar-refractivity contribution >= 4 is 56.6 Å². The number of rotatable bonds is 10. The summed E-state index contributed by atoms with van der Waals surface area (Å²) in [7, 11) is 0. The molecule has 5 heterocycles. The highest BCUT2D eigenvalue weighted by Crippen LogP contribution is 2.27. The first-order chi connectivity index (χ1) is 32.8. The molecule has 3 aromatic heterocycles. The third kappa shape index (κ3) is 11.6. The number of morpholine rings is 2. The molecular formula is C47H60ClN13O6. The van der Waals surface area contributed by atoms with Gasteiger partial charge in [-0.05, 0) is 169 Å². The molecule has 6 aromatic rings. The monoisotopic (exact) mass is 937 g/mol. The fourth-order valence-electron chi connectivity index (χ4n) is 9.74. The first kappa shape index (κ1) is 46.5. The minimum absolute atomic E-state index is 0.00161. The van der Waals surface area contributed by atoms with Crippen LogP contribution >= 0.6 is 11.6 Å². The lowest BCUT2D eigenvalue weighted by molar-refractivity contribution is -0.672. The van der Waals surface area contributed by atoms with Crippen molar-refractivity contribution in [3.05, 3.63) is 95.9 Å². The molecule has 0 bridgehead atoms. The number of hydrogen-bond acceptors (Lipinski definition) is 15. The zero-order valence-electron chi connectivity index (χ0n) is 38.1. The van der Waals surface area contributed by atoms with Gasteiger partial charge in [0.15, 0.2) is 5.52 Å². The highest BCUT2D eigenvalue weighted by Gasteiger charge is 2.24. The predicted molar refractivity (Wildman–Crippen MR) is 252 cm³/mol. The zero-order valence-corrected chi connectivity index (χ0v) is 38.9. The van der Waals surface area contributed by atoms with Crippen LogP contribution in [0.4, 0.5) is 11.9 Å². The molecule has 0 atom stereocenters. The van der Waals surface area contributed by atoms with Gasteiger partial charge in [-0.1, -0.05) is 0 Å². The second-order valence-electron chi connectivity index (χ2n) is 18.0. The third-order valence-electron chi connectivity index (χ3n) is 13.4. The van der Waals surface area contributed by atoms with Crippen LogP contribution in [0.3, 0.4) is 0 Å². The largest absolute Gasteiger partial charge is 0.739 e. The number of benzene rings is 3. The summed E-state index contributed by atoms with van der Waals surface area (Å²) in [4.78, 5) is 15.2. The summed E-state index contributed by atoms with van der Waals surface area (Å²) >= 11 is 5.66. The highest BCUT2D eigenvalue weighted by molar-refractivity contribution is 6.28. The van der Waals surface area contributed by atoms with E-state index in [0.717, 1.165) is 147 Å². The number of hydrogen-bond donors (Lipinski definition) is 2. The number of ether oxygens (including phenoxy) is 2. The van der Waals surface area contributed by atoms with Crippen molar-refractivity contribution in [3.8, 4) is 0 Å². The van der Waals surface area contributed by atoms with Crippen LogP contribution in [0.1, 0.15) is 84.7 Å². The molecule has 19 nitrogen and oxygen atoms in total. The Morgan fingerprint density at radius 1 is 0.507 bits per heavy atom. The molecule has 3 aliphatic carbocycles. The van der Waals surface area contributed by atoms with E-state index in [1.165, 1.54) is 59.1 Å². The normalized spacial score (nSPS) is 17.4. The molecule has 2 fully saturated rings. The van der Waals surface area contributed by atoms with Crippen molar-refractivity contribution in [2.45, 2.75) is 89.9 Å². The van der Waals surface area contributed by atoms with Crippen LogP contribution in [0.25, 0.3) is 33.1 Å². The van der Waals surface area contributed by atoms with Crippen LogP contribution in [0.15, 0.2) is 36.4 Å². The Balaban J connectivity index is 0.000000130. The number of aromatic nitrogens is 9. The highest BCUT2D eigenvalue weighted by atomic mass is 35.5. The molecule has 2 N–H and O–H groups in total. The van der Waals surface area contributed by atoms with Crippen LogP contribution in [0, 0.1) is 20.8 Å². The van der Waals surface area contributed by atoms with E-state index in [-0.39, 0.29) is 11.2 Å². The first-order valence-corrected chi connectivity index (χ1v) is 24.4. The quantitative estimate of drug-likeness (QED) is 0.114. The molecule has 11 rings (SSSR count). The fourth-order valence-corrected chi connectivity index (χ4v) is 9.90. The van der Waals surface area contributed by atoms with Crippen LogP contribution in [-0.4, -0.2) is 114 Å². The smallest absolute Gasteiger partial charge is 0.460 e. The van der Waals surface area contributed by atoms with E-state index in [9.17, 15) is 20.8 Å². The van der Waals surface area contributed by atoms with E-state index in [0.29, 0.717) is 54.6 Å². The summed E-state index contributed by atoms with van der Waals surface area (Å²) < 4.78 is 11.4. The number of nitrogens with zero attached hydrogens (tertiary/aromatic N) is 11. The van der Waals surface area contributed by atoms with Gasteiger partial charge < -0.3 is 35.6 Å². The van der Waals surface area contributed by atoms with Crippen molar-refractivity contribution in [1.82, 2.24) is 35.1 Å². The van der Waals surface area contributed by atoms with Crippen molar-refractivity contribution < 1.29 is 28.7 Å². The summed E-state index contributed by atoms with van der Waals surface area (Å²) in [6.45, 7) is 10.4. The summed E-state index contributed by atoms with van der Waals surface area (Å²) in [5.74, 6) is 0.491.